The van der Waals surface area contributed by atoms with Crippen LogP contribution in [-0.2, 0) is 0 Å². The van der Waals surface area contributed by atoms with Crippen molar-refractivity contribution in [1.82, 2.24) is 0 Å². The van der Waals surface area contributed by atoms with Gasteiger partial charge in [0.25, 0.3) is 0 Å². The predicted molar refractivity (Wildman–Crippen MR) is 87.3 cm³/mol. The van der Waals surface area contributed by atoms with Gasteiger partial charge in [-0.2, -0.15) is 0 Å². The number of Topliss-reactive ketones (excluding diaryl/α,β-unsaturated/α-hetero) is 1. The minimum absolute atomic E-state index is 0.133. The Morgan fingerprint density at radius 3 is 2.45 bits per heavy atom. The smallest absolute Gasteiger partial charge is 0.174 e. The third-order valence-electron chi connectivity index (χ3n) is 3.11. The van der Waals surface area contributed by atoms with Crippen molar-refractivity contribution in [3.05, 3.63) is 51.2 Å². The number of ketones is 1. The number of hydrogen-bond donors (Lipinski definition) is 1. The third kappa shape index (κ3) is 4.09. The van der Waals surface area contributed by atoms with Crippen molar-refractivity contribution < 1.29 is 4.79 Å². The molecule has 1 heterocycles. The van der Waals surface area contributed by atoms with Crippen molar-refractivity contribution in [2.75, 3.05) is 11.9 Å². The first-order valence-corrected chi connectivity index (χ1v) is 7.88. The van der Waals surface area contributed by atoms with Gasteiger partial charge in [0, 0.05) is 18.7 Å². The van der Waals surface area contributed by atoms with E-state index < -0.39 is 0 Å². The van der Waals surface area contributed by atoms with E-state index in [0.29, 0.717) is 23.2 Å². The number of anilines is 1. The second-order valence-corrected chi connectivity index (χ2v) is 6.70. The van der Waals surface area contributed by atoms with Crippen molar-refractivity contribution in [2.45, 2.75) is 26.2 Å². The fourth-order valence-electron chi connectivity index (χ4n) is 1.89. The van der Waals surface area contributed by atoms with Crippen LogP contribution in [0.25, 0.3) is 0 Å². The maximum absolute atomic E-state index is 11.9. The van der Waals surface area contributed by atoms with Crippen molar-refractivity contribution >= 4 is 34.4 Å². The fourth-order valence-corrected chi connectivity index (χ4v) is 2.90. The number of carbonyl (C=O) groups is 1. The Kier molecular flexibility index (Phi) is 5.21. The summed E-state index contributed by atoms with van der Waals surface area (Å²) in [6.45, 7) is 4.98. The van der Waals surface area contributed by atoms with Crippen LogP contribution in [0.2, 0.25) is 4.34 Å². The van der Waals surface area contributed by atoms with Gasteiger partial charge in [-0.1, -0.05) is 37.6 Å². The molecule has 0 saturated carbocycles. The lowest BCUT2D eigenvalue weighted by molar-refractivity contribution is 0.0990. The number of hydrogen-bond acceptors (Lipinski definition) is 3. The monoisotopic (exact) mass is 307 g/mol. The van der Waals surface area contributed by atoms with Crippen LogP contribution in [0.1, 0.15) is 41.4 Å². The highest BCUT2D eigenvalue weighted by Gasteiger charge is 2.08. The number of thiophene rings is 1. The molecule has 106 valence electrons. The molecule has 4 heteroatoms. The zero-order valence-corrected chi connectivity index (χ0v) is 13.2. The average molecular weight is 308 g/mol. The van der Waals surface area contributed by atoms with E-state index in [1.54, 1.807) is 12.1 Å². The molecule has 0 radical (unpaired) electrons. The largest absolute Gasteiger partial charge is 0.385 e. The molecule has 2 rings (SSSR count). The minimum atomic E-state index is 0.133. The molecule has 0 saturated heterocycles. The van der Waals surface area contributed by atoms with Crippen LogP contribution in [0.4, 0.5) is 5.69 Å². The summed E-state index contributed by atoms with van der Waals surface area (Å²) in [4.78, 5) is 12.6. The molecule has 1 N–H and O–H groups in total. The molecule has 0 unspecified atom stereocenters. The van der Waals surface area contributed by atoms with E-state index in [-0.39, 0.29) is 5.78 Å². The van der Waals surface area contributed by atoms with Crippen LogP contribution < -0.4 is 5.32 Å². The van der Waals surface area contributed by atoms with Gasteiger partial charge in [0.05, 0.1) is 9.21 Å². The van der Waals surface area contributed by atoms with E-state index >= 15 is 0 Å². The van der Waals surface area contributed by atoms with Gasteiger partial charge in [-0.15, -0.1) is 11.3 Å². The molecular weight excluding hydrogens is 290 g/mol. The SMILES string of the molecule is CC(C)c1ccc(NCCC(=O)c2ccc(Cl)s2)cc1. The molecule has 0 bridgehead atoms. The van der Waals surface area contributed by atoms with Crippen LogP contribution in [0.5, 0.6) is 0 Å². The van der Waals surface area contributed by atoms with Gasteiger partial charge in [-0.3, -0.25) is 4.79 Å². The summed E-state index contributed by atoms with van der Waals surface area (Å²) in [5.41, 5.74) is 2.37. The first-order valence-electron chi connectivity index (χ1n) is 6.68. The van der Waals surface area contributed by atoms with E-state index in [0.717, 1.165) is 10.6 Å². The van der Waals surface area contributed by atoms with Crippen molar-refractivity contribution in [2.24, 2.45) is 0 Å². The van der Waals surface area contributed by atoms with Gasteiger partial charge in [0.1, 0.15) is 0 Å². The number of benzene rings is 1. The number of nitrogens with one attached hydrogen (secondary N) is 1. The second kappa shape index (κ2) is 6.91. The molecule has 0 aliphatic heterocycles. The van der Waals surface area contributed by atoms with Crippen molar-refractivity contribution in [3.8, 4) is 0 Å². The zero-order valence-electron chi connectivity index (χ0n) is 11.7. The maximum Gasteiger partial charge on any atom is 0.174 e. The topological polar surface area (TPSA) is 29.1 Å². The summed E-state index contributed by atoms with van der Waals surface area (Å²) >= 11 is 7.16. The highest BCUT2D eigenvalue weighted by atomic mass is 35.5. The third-order valence-corrected chi connectivity index (χ3v) is 4.38. The van der Waals surface area contributed by atoms with Crippen LogP contribution in [0, 0.1) is 0 Å². The van der Waals surface area contributed by atoms with E-state index in [2.05, 4.69) is 43.4 Å². The summed E-state index contributed by atoms with van der Waals surface area (Å²) in [5, 5.41) is 3.27. The summed E-state index contributed by atoms with van der Waals surface area (Å²) in [7, 11) is 0. The molecule has 2 aromatic rings. The first-order chi connectivity index (χ1) is 9.56. The zero-order chi connectivity index (χ0) is 14.5. The summed E-state index contributed by atoms with van der Waals surface area (Å²) in [6, 6.07) is 11.9. The average Bonchev–Trinajstić information content (AvgIpc) is 2.86. The lowest BCUT2D eigenvalue weighted by atomic mass is 10.0. The Morgan fingerprint density at radius 1 is 1.20 bits per heavy atom. The number of halogens is 1. The van der Waals surface area contributed by atoms with Gasteiger partial charge in [-0.25, -0.2) is 0 Å². The molecule has 0 atom stereocenters. The lowest BCUT2D eigenvalue weighted by Crippen LogP contribution is -2.07. The van der Waals surface area contributed by atoms with Crippen LogP contribution in [-0.4, -0.2) is 12.3 Å². The normalized spacial score (nSPS) is 10.8. The van der Waals surface area contributed by atoms with Crippen molar-refractivity contribution in [1.29, 1.82) is 0 Å². The van der Waals surface area contributed by atoms with Gasteiger partial charge < -0.3 is 5.32 Å². The Bertz CT molecular complexity index is 574. The van der Waals surface area contributed by atoms with Gasteiger partial charge in [-0.05, 0) is 35.7 Å². The Balaban J connectivity index is 1.82. The molecule has 0 amide bonds. The molecule has 0 aliphatic carbocycles. The number of carbonyl (C=O) groups excluding carboxylic acids is 1. The van der Waals surface area contributed by atoms with E-state index in [1.807, 2.05) is 0 Å². The molecule has 1 aromatic carbocycles. The molecule has 2 nitrogen and oxygen atoms in total. The molecule has 0 aliphatic rings. The lowest BCUT2D eigenvalue weighted by Gasteiger charge is -2.08. The summed E-state index contributed by atoms with van der Waals surface area (Å²) in [6.07, 6.45) is 0.475. The predicted octanol–water partition coefficient (Wildman–Crippen LogP) is 5.21. The quantitative estimate of drug-likeness (QED) is 0.742. The number of rotatable bonds is 6. The maximum atomic E-state index is 11.9. The summed E-state index contributed by atoms with van der Waals surface area (Å²) in [5.74, 6) is 0.669. The van der Waals surface area contributed by atoms with Gasteiger partial charge in [0.2, 0.25) is 0 Å². The molecule has 20 heavy (non-hydrogen) atoms. The van der Waals surface area contributed by atoms with E-state index in [1.165, 1.54) is 16.9 Å². The molecule has 0 fully saturated rings. The van der Waals surface area contributed by atoms with E-state index in [9.17, 15) is 4.79 Å². The molecule has 0 spiro atoms. The Labute approximate surface area is 128 Å². The molecule has 1 aromatic heterocycles. The van der Waals surface area contributed by atoms with Crippen LogP contribution in [0.15, 0.2) is 36.4 Å². The highest BCUT2D eigenvalue weighted by molar-refractivity contribution is 7.18. The fraction of sp³-hybridized carbons (Fsp3) is 0.312. The van der Waals surface area contributed by atoms with Gasteiger partial charge in [0.15, 0.2) is 5.78 Å². The minimum Gasteiger partial charge on any atom is -0.385 e. The standard InChI is InChI=1S/C16H18ClNOS/c1-11(2)12-3-5-13(6-4-12)18-10-9-14(19)15-7-8-16(17)20-15/h3-8,11,18H,9-10H2,1-2H3. The molecular formula is C16H18ClNOS. The second-order valence-electron chi connectivity index (χ2n) is 4.98. The van der Waals surface area contributed by atoms with Gasteiger partial charge >= 0.3 is 0 Å². The highest BCUT2D eigenvalue weighted by Crippen LogP contribution is 2.22. The van der Waals surface area contributed by atoms with Crippen molar-refractivity contribution in [3.63, 3.8) is 0 Å². The Hall–Kier alpha value is -1.32. The Morgan fingerprint density at radius 2 is 1.90 bits per heavy atom. The summed E-state index contributed by atoms with van der Waals surface area (Å²) < 4.78 is 0.658. The first kappa shape index (κ1) is 15.1. The van der Waals surface area contributed by atoms with Crippen LogP contribution >= 0.6 is 22.9 Å². The van der Waals surface area contributed by atoms with E-state index in [4.69, 9.17) is 11.6 Å². The van der Waals surface area contributed by atoms with Crippen LogP contribution in [0.3, 0.4) is 0 Å².